The van der Waals surface area contributed by atoms with Crippen molar-refractivity contribution < 1.29 is 19.3 Å². The molecule has 0 saturated heterocycles. The van der Waals surface area contributed by atoms with Crippen LogP contribution in [0.25, 0.3) is 0 Å². The van der Waals surface area contributed by atoms with Crippen LogP contribution in [0.4, 0.5) is 13.2 Å². The van der Waals surface area contributed by atoms with Crippen molar-refractivity contribution in [1.82, 2.24) is 0 Å². The summed E-state index contributed by atoms with van der Waals surface area (Å²) < 4.78 is 44.0. The zero-order valence-corrected chi connectivity index (χ0v) is 7.51. The SMILES string of the molecule is [2H]C(N)(C(N)=O)c1ccc(C(F)(F)F)cc1. The molecule has 0 aromatic heterocycles. The maximum absolute atomic E-state index is 12.2. The molecule has 1 rings (SSSR count). The Hall–Kier alpha value is -1.56. The van der Waals surface area contributed by atoms with Gasteiger partial charge in [-0.2, -0.15) is 13.2 Å². The minimum Gasteiger partial charge on any atom is -0.368 e. The number of benzene rings is 1. The molecule has 1 amide bonds. The summed E-state index contributed by atoms with van der Waals surface area (Å²) in [6, 6.07) is 1.19. The Balaban J connectivity index is 3.09. The van der Waals surface area contributed by atoms with Crippen molar-refractivity contribution >= 4 is 5.91 Å². The number of nitrogens with two attached hydrogens (primary N) is 2. The molecule has 1 aromatic rings. The summed E-state index contributed by atoms with van der Waals surface area (Å²) in [5.74, 6) is -1.13. The molecule has 0 aliphatic heterocycles. The molecular weight excluding hydrogens is 209 g/mol. The van der Waals surface area contributed by atoms with E-state index in [9.17, 15) is 18.0 Å². The molecule has 4 N–H and O–H groups in total. The summed E-state index contributed by atoms with van der Waals surface area (Å²) >= 11 is 0. The number of rotatable bonds is 2. The lowest BCUT2D eigenvalue weighted by Gasteiger charge is -2.10. The summed E-state index contributed by atoms with van der Waals surface area (Å²) in [4.78, 5) is 10.8. The van der Waals surface area contributed by atoms with Gasteiger partial charge in [-0.3, -0.25) is 4.79 Å². The normalized spacial score (nSPS) is 16.7. The Bertz CT molecular complexity index is 400. The van der Waals surface area contributed by atoms with Gasteiger partial charge in [0.15, 0.2) is 0 Å². The van der Waals surface area contributed by atoms with Crippen molar-refractivity contribution in [3.63, 3.8) is 0 Å². The Labute approximate surface area is 85.3 Å². The van der Waals surface area contributed by atoms with Gasteiger partial charge in [-0.1, -0.05) is 12.1 Å². The third-order valence-corrected chi connectivity index (χ3v) is 1.79. The first kappa shape index (κ1) is 9.97. The second kappa shape index (κ2) is 3.90. The molecular formula is C9H9F3N2O. The molecule has 1 unspecified atom stereocenters. The number of amides is 1. The number of hydrogen-bond donors (Lipinski definition) is 2. The average molecular weight is 219 g/mol. The average Bonchev–Trinajstić information content (AvgIpc) is 2.16. The van der Waals surface area contributed by atoms with Crippen LogP contribution in [0.5, 0.6) is 0 Å². The van der Waals surface area contributed by atoms with Crippen LogP contribution < -0.4 is 11.5 Å². The van der Waals surface area contributed by atoms with E-state index in [2.05, 4.69) is 0 Å². The second-order valence-corrected chi connectivity index (χ2v) is 2.85. The van der Waals surface area contributed by atoms with Gasteiger partial charge in [0.2, 0.25) is 5.91 Å². The van der Waals surface area contributed by atoms with Crippen LogP contribution in [0.3, 0.4) is 0 Å². The molecule has 0 aliphatic rings. The van der Waals surface area contributed by atoms with Gasteiger partial charge in [-0.15, -0.1) is 0 Å². The third kappa shape index (κ3) is 2.69. The smallest absolute Gasteiger partial charge is 0.368 e. The molecule has 0 radical (unpaired) electrons. The van der Waals surface area contributed by atoms with E-state index in [0.717, 1.165) is 24.3 Å². The molecule has 0 spiro atoms. The number of carbonyl (C=O) groups excluding carboxylic acids is 1. The van der Waals surface area contributed by atoms with Gasteiger partial charge in [0.25, 0.3) is 0 Å². The zero-order chi connectivity index (χ0) is 12.6. The number of hydrogen-bond acceptors (Lipinski definition) is 2. The molecule has 0 bridgehead atoms. The lowest BCUT2D eigenvalue weighted by molar-refractivity contribution is -0.137. The fraction of sp³-hybridized carbons (Fsp3) is 0.222. The molecule has 3 nitrogen and oxygen atoms in total. The maximum Gasteiger partial charge on any atom is 0.416 e. The van der Waals surface area contributed by atoms with E-state index in [1.165, 1.54) is 0 Å². The quantitative estimate of drug-likeness (QED) is 0.784. The highest BCUT2D eigenvalue weighted by Gasteiger charge is 2.30. The molecule has 0 fully saturated rings. The molecule has 0 heterocycles. The summed E-state index contributed by atoms with van der Waals surface area (Å²) in [7, 11) is 0. The van der Waals surface area contributed by atoms with E-state index in [4.69, 9.17) is 12.8 Å². The highest BCUT2D eigenvalue weighted by atomic mass is 19.4. The van der Waals surface area contributed by atoms with Crippen LogP contribution in [-0.2, 0) is 11.0 Å². The van der Waals surface area contributed by atoms with Gasteiger partial charge >= 0.3 is 6.18 Å². The van der Waals surface area contributed by atoms with Crippen molar-refractivity contribution in [3.05, 3.63) is 35.4 Å². The summed E-state index contributed by atoms with van der Waals surface area (Å²) in [5.41, 5.74) is 9.14. The fourth-order valence-electron chi connectivity index (χ4n) is 0.981. The van der Waals surface area contributed by atoms with Crippen LogP contribution in [0.1, 0.15) is 18.5 Å². The van der Waals surface area contributed by atoms with E-state index in [1.54, 1.807) is 0 Å². The van der Waals surface area contributed by atoms with Crippen molar-refractivity contribution in [2.24, 2.45) is 11.5 Å². The monoisotopic (exact) mass is 219 g/mol. The number of primary amides is 1. The second-order valence-electron chi connectivity index (χ2n) is 2.85. The fourth-order valence-corrected chi connectivity index (χ4v) is 0.981. The molecule has 1 atom stereocenters. The Morgan fingerprint density at radius 2 is 1.80 bits per heavy atom. The summed E-state index contributed by atoms with van der Waals surface area (Å²) in [5, 5.41) is 0. The Kier molecular flexibility index (Phi) is 2.59. The highest BCUT2D eigenvalue weighted by molar-refractivity contribution is 5.81. The lowest BCUT2D eigenvalue weighted by atomic mass is 10.1. The van der Waals surface area contributed by atoms with E-state index in [-0.39, 0.29) is 5.56 Å². The summed E-state index contributed by atoms with van der Waals surface area (Å²) in [6.45, 7) is 0. The van der Waals surface area contributed by atoms with Gasteiger partial charge in [0.1, 0.15) is 6.02 Å². The topological polar surface area (TPSA) is 69.1 Å². The molecule has 1 aromatic carbocycles. The molecule has 0 saturated carbocycles. The Morgan fingerprint density at radius 3 is 2.13 bits per heavy atom. The molecule has 6 heteroatoms. The third-order valence-electron chi connectivity index (χ3n) is 1.79. The van der Waals surface area contributed by atoms with Crippen LogP contribution in [0.2, 0.25) is 0 Å². The standard InChI is InChI=1S/C9H9F3N2O/c10-9(11,12)6-3-1-5(2-4-6)7(13)8(14)15/h1-4,7H,13H2,(H2,14,15)/i7D. The van der Waals surface area contributed by atoms with Crippen LogP contribution in [0.15, 0.2) is 24.3 Å². The van der Waals surface area contributed by atoms with Crippen molar-refractivity contribution in [1.29, 1.82) is 0 Å². The van der Waals surface area contributed by atoms with Gasteiger partial charge in [0, 0.05) is 0 Å². The van der Waals surface area contributed by atoms with E-state index < -0.39 is 23.7 Å². The maximum atomic E-state index is 12.2. The van der Waals surface area contributed by atoms with E-state index >= 15 is 0 Å². The van der Waals surface area contributed by atoms with Crippen molar-refractivity contribution in [2.45, 2.75) is 12.2 Å². The van der Waals surface area contributed by atoms with Crippen LogP contribution >= 0.6 is 0 Å². The number of halogens is 3. The molecule has 15 heavy (non-hydrogen) atoms. The minimum atomic E-state index is -4.47. The molecule has 0 aliphatic carbocycles. The van der Waals surface area contributed by atoms with Gasteiger partial charge in [0.05, 0.1) is 6.93 Å². The van der Waals surface area contributed by atoms with Gasteiger partial charge in [-0.05, 0) is 17.7 Å². The minimum absolute atomic E-state index is 0.0898. The van der Waals surface area contributed by atoms with Gasteiger partial charge in [-0.25, -0.2) is 0 Å². The van der Waals surface area contributed by atoms with E-state index in [0.29, 0.717) is 0 Å². The zero-order valence-electron chi connectivity index (χ0n) is 8.51. The van der Waals surface area contributed by atoms with Crippen molar-refractivity contribution in [3.8, 4) is 0 Å². The van der Waals surface area contributed by atoms with Crippen LogP contribution in [-0.4, -0.2) is 5.91 Å². The Morgan fingerprint density at radius 1 is 1.33 bits per heavy atom. The first-order valence-corrected chi connectivity index (χ1v) is 3.92. The number of carbonyl (C=O) groups is 1. The lowest BCUT2D eigenvalue weighted by Crippen LogP contribution is -2.28. The van der Waals surface area contributed by atoms with Crippen LogP contribution in [0, 0.1) is 0 Å². The predicted molar refractivity (Wildman–Crippen MR) is 47.6 cm³/mol. The first-order valence-electron chi connectivity index (χ1n) is 4.42. The number of alkyl halides is 3. The van der Waals surface area contributed by atoms with E-state index in [1.807, 2.05) is 0 Å². The predicted octanol–water partition coefficient (Wildman–Crippen LogP) is 1.19. The highest BCUT2D eigenvalue weighted by Crippen LogP contribution is 2.29. The largest absolute Gasteiger partial charge is 0.416 e. The summed E-state index contributed by atoms with van der Waals surface area (Å²) in [6.07, 6.45) is -4.47. The first-order chi connectivity index (χ1) is 7.15. The molecule has 82 valence electrons. The van der Waals surface area contributed by atoms with Gasteiger partial charge < -0.3 is 11.5 Å². The van der Waals surface area contributed by atoms with Crippen molar-refractivity contribution in [2.75, 3.05) is 0 Å².